The maximum atomic E-state index is 9.13. The fourth-order valence-corrected chi connectivity index (χ4v) is 2.64. The van der Waals surface area contributed by atoms with Crippen LogP contribution in [0.4, 0.5) is 5.82 Å². The first-order valence-electron chi connectivity index (χ1n) is 6.71. The van der Waals surface area contributed by atoms with Crippen molar-refractivity contribution >= 4 is 39.9 Å². The first-order valence-corrected chi connectivity index (χ1v) is 7.46. The average molecular weight is 337 g/mol. The number of hydrogen-bond acceptors (Lipinski definition) is 4. The third kappa shape index (κ3) is 2.63. The first-order chi connectivity index (χ1) is 10.6. The molecule has 0 saturated heterocycles. The van der Waals surface area contributed by atoms with Crippen molar-refractivity contribution in [2.45, 2.75) is 0 Å². The van der Waals surface area contributed by atoms with E-state index in [1.807, 2.05) is 34.8 Å². The minimum Gasteiger partial charge on any atom is -0.395 e. The number of likely N-dealkylation sites (N-methyl/N-ethyl adjacent to an activating group) is 1. The van der Waals surface area contributed by atoms with Crippen LogP contribution in [0.1, 0.15) is 0 Å². The van der Waals surface area contributed by atoms with Crippen molar-refractivity contribution in [3.05, 3.63) is 47.0 Å². The zero-order chi connectivity index (χ0) is 15.7. The molecule has 0 amide bonds. The topological polar surface area (TPSA) is 54.2 Å². The lowest BCUT2D eigenvalue weighted by atomic mass is 10.1. The van der Waals surface area contributed by atoms with Gasteiger partial charge in [0.1, 0.15) is 5.82 Å². The third-order valence-electron chi connectivity index (χ3n) is 3.45. The van der Waals surface area contributed by atoms with E-state index in [1.54, 1.807) is 18.6 Å². The van der Waals surface area contributed by atoms with Gasteiger partial charge in [-0.15, -0.1) is 0 Å². The summed E-state index contributed by atoms with van der Waals surface area (Å²) in [5.41, 5.74) is 1.53. The number of anilines is 1. The molecular formula is C15H14Cl2N4O. The van der Waals surface area contributed by atoms with E-state index in [0.29, 0.717) is 27.9 Å². The molecule has 0 aliphatic rings. The number of imidazole rings is 1. The number of aromatic nitrogens is 3. The van der Waals surface area contributed by atoms with E-state index >= 15 is 0 Å². The smallest absolute Gasteiger partial charge is 0.131 e. The molecule has 0 spiro atoms. The zero-order valence-corrected chi connectivity index (χ0v) is 13.4. The Labute approximate surface area is 137 Å². The fraction of sp³-hybridized carbons (Fsp3) is 0.200. The summed E-state index contributed by atoms with van der Waals surface area (Å²) < 4.78 is 1.89. The van der Waals surface area contributed by atoms with E-state index in [1.165, 1.54) is 0 Å². The zero-order valence-electron chi connectivity index (χ0n) is 11.9. The van der Waals surface area contributed by atoms with Gasteiger partial charge < -0.3 is 14.6 Å². The summed E-state index contributed by atoms with van der Waals surface area (Å²) in [6.45, 7) is 0.514. The van der Waals surface area contributed by atoms with E-state index in [2.05, 4.69) is 9.97 Å². The van der Waals surface area contributed by atoms with Crippen LogP contribution < -0.4 is 4.90 Å². The van der Waals surface area contributed by atoms with Gasteiger partial charge in [-0.05, 0) is 12.1 Å². The Morgan fingerprint density at radius 3 is 2.82 bits per heavy atom. The molecule has 7 heteroatoms. The summed E-state index contributed by atoms with van der Waals surface area (Å²) in [5.74, 6) is 0.703. The summed E-state index contributed by atoms with van der Waals surface area (Å²) in [6, 6.07) is 5.58. The molecule has 1 N–H and O–H groups in total. The highest BCUT2D eigenvalue weighted by Crippen LogP contribution is 2.34. The molecule has 0 aliphatic heterocycles. The number of nitrogens with zero attached hydrogens (tertiary/aromatic N) is 4. The van der Waals surface area contributed by atoms with E-state index in [9.17, 15) is 0 Å². The number of hydrogen-bond donors (Lipinski definition) is 1. The number of halogens is 2. The quantitative estimate of drug-likeness (QED) is 0.795. The molecule has 0 atom stereocenters. The molecule has 2 heterocycles. The summed E-state index contributed by atoms with van der Waals surface area (Å²) in [5, 5.41) is 10.9. The number of fused-ring (bicyclic) bond motifs is 1. The van der Waals surface area contributed by atoms with Gasteiger partial charge in [0.25, 0.3) is 0 Å². The van der Waals surface area contributed by atoms with Crippen molar-refractivity contribution in [3.8, 4) is 5.69 Å². The van der Waals surface area contributed by atoms with Crippen molar-refractivity contribution in [2.24, 2.45) is 0 Å². The maximum Gasteiger partial charge on any atom is 0.131 e. The van der Waals surface area contributed by atoms with E-state index < -0.39 is 0 Å². The second kappa shape index (κ2) is 6.12. The predicted molar refractivity (Wildman–Crippen MR) is 89.2 cm³/mol. The molecule has 0 aliphatic carbocycles. The lowest BCUT2D eigenvalue weighted by Gasteiger charge is -2.19. The van der Waals surface area contributed by atoms with Crippen molar-refractivity contribution in [3.63, 3.8) is 0 Å². The van der Waals surface area contributed by atoms with Gasteiger partial charge in [0.05, 0.1) is 34.2 Å². The Hall–Kier alpha value is -1.82. The molecule has 0 fully saturated rings. The van der Waals surface area contributed by atoms with Crippen molar-refractivity contribution in [1.82, 2.24) is 14.5 Å². The Morgan fingerprint density at radius 2 is 2.14 bits per heavy atom. The molecule has 5 nitrogen and oxygen atoms in total. The molecule has 3 aromatic rings. The lowest BCUT2D eigenvalue weighted by Crippen LogP contribution is -2.22. The Bertz CT molecular complexity index is 805. The Balaban J connectivity index is 2.29. The summed E-state index contributed by atoms with van der Waals surface area (Å²) in [4.78, 5) is 10.5. The first kappa shape index (κ1) is 15.1. The molecule has 2 aromatic heterocycles. The van der Waals surface area contributed by atoms with Crippen LogP contribution in [0, 0.1) is 0 Å². The SMILES string of the molecule is CN(CCO)c1cc(-n2ccnc2)c2ccc(Cl)c(Cl)c2n1. The van der Waals surface area contributed by atoms with Crippen molar-refractivity contribution in [2.75, 3.05) is 25.1 Å². The highest BCUT2D eigenvalue weighted by molar-refractivity contribution is 6.45. The Morgan fingerprint density at radius 1 is 1.32 bits per heavy atom. The van der Waals surface area contributed by atoms with E-state index in [-0.39, 0.29) is 6.61 Å². The van der Waals surface area contributed by atoms with Crippen LogP contribution >= 0.6 is 23.2 Å². The molecule has 3 rings (SSSR count). The summed E-state index contributed by atoms with van der Waals surface area (Å²) >= 11 is 12.4. The van der Waals surface area contributed by atoms with Crippen molar-refractivity contribution in [1.29, 1.82) is 0 Å². The molecule has 0 radical (unpaired) electrons. The normalized spacial score (nSPS) is 11.1. The summed E-state index contributed by atoms with van der Waals surface area (Å²) in [7, 11) is 1.86. The molecule has 1 aromatic carbocycles. The second-order valence-corrected chi connectivity index (χ2v) is 5.66. The highest BCUT2D eigenvalue weighted by atomic mass is 35.5. The van der Waals surface area contributed by atoms with Crippen LogP contribution in [0.2, 0.25) is 10.0 Å². The molecular weight excluding hydrogens is 323 g/mol. The molecule has 22 heavy (non-hydrogen) atoms. The lowest BCUT2D eigenvalue weighted by molar-refractivity contribution is 0.304. The monoisotopic (exact) mass is 336 g/mol. The maximum absolute atomic E-state index is 9.13. The van der Waals surface area contributed by atoms with Gasteiger partial charge in [-0.25, -0.2) is 9.97 Å². The largest absolute Gasteiger partial charge is 0.395 e. The van der Waals surface area contributed by atoms with Gasteiger partial charge in [-0.2, -0.15) is 0 Å². The van der Waals surface area contributed by atoms with Gasteiger partial charge in [0, 0.05) is 37.4 Å². The average Bonchev–Trinajstić information content (AvgIpc) is 3.04. The molecule has 0 saturated carbocycles. The predicted octanol–water partition coefficient (Wildman–Crippen LogP) is 3.16. The van der Waals surface area contributed by atoms with Gasteiger partial charge in [0.15, 0.2) is 0 Å². The second-order valence-electron chi connectivity index (χ2n) is 4.87. The number of aliphatic hydroxyl groups is 1. The fourth-order valence-electron chi connectivity index (χ4n) is 2.28. The van der Waals surface area contributed by atoms with Gasteiger partial charge in [-0.3, -0.25) is 0 Å². The van der Waals surface area contributed by atoms with E-state index in [0.717, 1.165) is 11.1 Å². The van der Waals surface area contributed by atoms with Crippen LogP contribution in [0.5, 0.6) is 0 Å². The number of benzene rings is 1. The summed E-state index contributed by atoms with van der Waals surface area (Å²) in [6.07, 6.45) is 5.28. The van der Waals surface area contributed by atoms with Crippen LogP contribution in [0.25, 0.3) is 16.6 Å². The van der Waals surface area contributed by atoms with E-state index in [4.69, 9.17) is 28.3 Å². The van der Waals surface area contributed by atoms with Crippen LogP contribution in [-0.4, -0.2) is 39.8 Å². The van der Waals surface area contributed by atoms with Gasteiger partial charge in [-0.1, -0.05) is 23.2 Å². The minimum absolute atomic E-state index is 0.0416. The van der Waals surface area contributed by atoms with Crippen LogP contribution in [-0.2, 0) is 0 Å². The van der Waals surface area contributed by atoms with Gasteiger partial charge in [0.2, 0.25) is 0 Å². The molecule has 114 valence electrons. The number of pyridine rings is 1. The third-order valence-corrected chi connectivity index (χ3v) is 4.24. The number of rotatable bonds is 4. The van der Waals surface area contributed by atoms with Gasteiger partial charge >= 0.3 is 0 Å². The molecule has 0 bridgehead atoms. The highest BCUT2D eigenvalue weighted by Gasteiger charge is 2.14. The van der Waals surface area contributed by atoms with Crippen LogP contribution in [0.3, 0.4) is 0 Å². The standard InChI is InChI=1S/C15H14Cl2N4O/c1-20(6-7-22)13-8-12(21-5-4-18-9-21)10-2-3-11(16)14(17)15(10)19-13/h2-5,8-9,22H,6-7H2,1H3. The number of aliphatic hydroxyl groups excluding tert-OH is 1. The van der Waals surface area contributed by atoms with Crippen molar-refractivity contribution < 1.29 is 5.11 Å². The Kier molecular flexibility index (Phi) is 4.20. The minimum atomic E-state index is 0.0416. The molecule has 0 unspecified atom stereocenters. The van der Waals surface area contributed by atoms with Crippen LogP contribution in [0.15, 0.2) is 36.9 Å².